The zero-order valence-electron chi connectivity index (χ0n) is 11.0. The minimum absolute atomic E-state index is 0.109. The number of nitrogens with zero attached hydrogens (tertiary/aromatic N) is 2. The summed E-state index contributed by atoms with van der Waals surface area (Å²) in [5.74, 6) is 1.24. The zero-order chi connectivity index (χ0) is 12.3. The molecule has 0 amide bonds. The second-order valence-corrected chi connectivity index (χ2v) is 5.32. The Hall–Kier alpha value is -0.830. The molecule has 0 saturated heterocycles. The Morgan fingerprint density at radius 2 is 2.24 bits per heavy atom. The fourth-order valence-electron chi connectivity index (χ4n) is 2.92. The molecule has 0 aromatic carbocycles. The summed E-state index contributed by atoms with van der Waals surface area (Å²) in [6, 6.07) is 0. The van der Waals surface area contributed by atoms with Crippen molar-refractivity contribution in [2.24, 2.45) is 11.8 Å². The smallest absolute Gasteiger partial charge is 0.0571 e. The van der Waals surface area contributed by atoms with Crippen molar-refractivity contribution in [2.75, 3.05) is 0 Å². The summed E-state index contributed by atoms with van der Waals surface area (Å²) in [5, 5.41) is 14.4. The molecule has 1 aliphatic rings. The van der Waals surface area contributed by atoms with Gasteiger partial charge in [-0.2, -0.15) is 5.10 Å². The standard InChI is InChI=1S/C14H24N2O/c1-3-11-5-6-14(17)13(7-11)8-12-9-15-16(4-2)10-12/h9-11,13-14,17H,3-8H2,1-2H3. The highest BCUT2D eigenvalue weighted by molar-refractivity contribution is 5.06. The molecule has 1 saturated carbocycles. The first-order valence-electron chi connectivity index (χ1n) is 6.92. The van der Waals surface area contributed by atoms with Crippen LogP contribution >= 0.6 is 0 Å². The summed E-state index contributed by atoms with van der Waals surface area (Å²) in [6.45, 7) is 5.28. The third-order valence-electron chi connectivity index (χ3n) is 4.14. The van der Waals surface area contributed by atoms with Gasteiger partial charge in [0.2, 0.25) is 0 Å². The number of aliphatic hydroxyl groups is 1. The van der Waals surface area contributed by atoms with E-state index in [0.717, 1.165) is 25.3 Å². The topological polar surface area (TPSA) is 38.1 Å². The summed E-state index contributed by atoms with van der Waals surface area (Å²) >= 11 is 0. The monoisotopic (exact) mass is 236 g/mol. The van der Waals surface area contributed by atoms with E-state index in [4.69, 9.17) is 0 Å². The van der Waals surface area contributed by atoms with E-state index in [-0.39, 0.29) is 6.10 Å². The van der Waals surface area contributed by atoms with Crippen molar-refractivity contribution in [3.05, 3.63) is 18.0 Å². The van der Waals surface area contributed by atoms with Crippen molar-refractivity contribution < 1.29 is 5.11 Å². The van der Waals surface area contributed by atoms with Crippen LogP contribution in [0.5, 0.6) is 0 Å². The second kappa shape index (κ2) is 5.67. The Bertz CT molecular complexity index is 348. The van der Waals surface area contributed by atoms with Gasteiger partial charge in [0.05, 0.1) is 12.3 Å². The lowest BCUT2D eigenvalue weighted by molar-refractivity contribution is 0.0475. The van der Waals surface area contributed by atoms with Crippen LogP contribution in [0.1, 0.15) is 45.1 Å². The molecule has 0 spiro atoms. The van der Waals surface area contributed by atoms with Crippen molar-refractivity contribution in [2.45, 2.75) is 58.6 Å². The summed E-state index contributed by atoms with van der Waals surface area (Å²) in [4.78, 5) is 0. The molecule has 1 fully saturated rings. The molecule has 96 valence electrons. The maximum absolute atomic E-state index is 10.1. The Morgan fingerprint density at radius 1 is 1.41 bits per heavy atom. The predicted molar refractivity (Wildman–Crippen MR) is 68.7 cm³/mol. The third kappa shape index (κ3) is 3.09. The fraction of sp³-hybridized carbons (Fsp3) is 0.786. The van der Waals surface area contributed by atoms with Crippen LogP contribution in [0.4, 0.5) is 0 Å². The molecule has 0 aliphatic heterocycles. The van der Waals surface area contributed by atoms with Crippen molar-refractivity contribution in [3.63, 3.8) is 0 Å². The molecule has 1 aliphatic carbocycles. The van der Waals surface area contributed by atoms with E-state index in [9.17, 15) is 5.11 Å². The number of hydrogen-bond acceptors (Lipinski definition) is 2. The molecule has 1 aromatic heterocycles. The summed E-state index contributed by atoms with van der Waals surface area (Å²) in [5.41, 5.74) is 1.27. The molecular weight excluding hydrogens is 212 g/mol. The van der Waals surface area contributed by atoms with Crippen LogP contribution in [0, 0.1) is 11.8 Å². The first-order chi connectivity index (χ1) is 8.22. The molecule has 1 aromatic rings. The lowest BCUT2D eigenvalue weighted by Crippen LogP contribution is -2.30. The van der Waals surface area contributed by atoms with Gasteiger partial charge in [0, 0.05) is 12.7 Å². The molecule has 1 N–H and O–H groups in total. The third-order valence-corrected chi connectivity index (χ3v) is 4.14. The van der Waals surface area contributed by atoms with Crippen molar-refractivity contribution in [1.29, 1.82) is 0 Å². The van der Waals surface area contributed by atoms with Crippen LogP contribution in [-0.2, 0) is 13.0 Å². The zero-order valence-corrected chi connectivity index (χ0v) is 11.0. The van der Waals surface area contributed by atoms with Crippen LogP contribution in [0.25, 0.3) is 0 Å². The molecule has 0 radical (unpaired) electrons. The minimum Gasteiger partial charge on any atom is -0.393 e. The van der Waals surface area contributed by atoms with Crippen molar-refractivity contribution in [1.82, 2.24) is 9.78 Å². The summed E-state index contributed by atoms with van der Waals surface area (Å²) < 4.78 is 1.96. The number of aryl methyl sites for hydroxylation is 1. The molecule has 3 heteroatoms. The second-order valence-electron chi connectivity index (χ2n) is 5.32. The van der Waals surface area contributed by atoms with Gasteiger partial charge in [-0.1, -0.05) is 13.3 Å². The molecule has 17 heavy (non-hydrogen) atoms. The molecule has 1 heterocycles. The first-order valence-corrected chi connectivity index (χ1v) is 6.92. The highest BCUT2D eigenvalue weighted by atomic mass is 16.3. The highest BCUT2D eigenvalue weighted by Crippen LogP contribution is 2.33. The van der Waals surface area contributed by atoms with E-state index in [2.05, 4.69) is 25.1 Å². The van der Waals surface area contributed by atoms with Gasteiger partial charge in [-0.15, -0.1) is 0 Å². The van der Waals surface area contributed by atoms with Gasteiger partial charge in [-0.3, -0.25) is 4.68 Å². The molecular formula is C14H24N2O. The van der Waals surface area contributed by atoms with Gasteiger partial charge < -0.3 is 5.11 Å². The maximum Gasteiger partial charge on any atom is 0.0571 e. The Morgan fingerprint density at radius 3 is 2.88 bits per heavy atom. The number of rotatable bonds is 4. The number of hydrogen-bond donors (Lipinski definition) is 1. The quantitative estimate of drug-likeness (QED) is 0.872. The van der Waals surface area contributed by atoms with Crippen LogP contribution in [0.15, 0.2) is 12.4 Å². The van der Waals surface area contributed by atoms with E-state index in [1.54, 1.807) is 0 Å². The van der Waals surface area contributed by atoms with Gasteiger partial charge in [0.15, 0.2) is 0 Å². The van der Waals surface area contributed by atoms with E-state index in [1.165, 1.54) is 24.8 Å². The molecule has 0 bridgehead atoms. The van der Waals surface area contributed by atoms with Crippen LogP contribution in [0.3, 0.4) is 0 Å². The average Bonchev–Trinajstić information content (AvgIpc) is 2.80. The van der Waals surface area contributed by atoms with E-state index >= 15 is 0 Å². The van der Waals surface area contributed by atoms with Crippen LogP contribution in [0.2, 0.25) is 0 Å². The Kier molecular flexibility index (Phi) is 4.21. The Balaban J connectivity index is 1.96. The molecule has 2 rings (SSSR count). The van der Waals surface area contributed by atoms with Gasteiger partial charge in [-0.25, -0.2) is 0 Å². The average molecular weight is 236 g/mol. The minimum atomic E-state index is -0.109. The summed E-state index contributed by atoms with van der Waals surface area (Å²) in [6.07, 6.45) is 9.54. The first kappa shape index (κ1) is 12.6. The molecule has 3 unspecified atom stereocenters. The largest absolute Gasteiger partial charge is 0.393 e. The summed E-state index contributed by atoms with van der Waals surface area (Å²) in [7, 11) is 0. The SMILES string of the molecule is CCC1CCC(O)C(Cc2cnn(CC)c2)C1. The van der Waals surface area contributed by atoms with Gasteiger partial charge >= 0.3 is 0 Å². The number of aliphatic hydroxyl groups excluding tert-OH is 1. The molecule has 3 nitrogen and oxygen atoms in total. The van der Waals surface area contributed by atoms with Gasteiger partial charge in [0.25, 0.3) is 0 Å². The maximum atomic E-state index is 10.1. The van der Waals surface area contributed by atoms with E-state index in [1.807, 2.05) is 10.9 Å². The van der Waals surface area contributed by atoms with Crippen molar-refractivity contribution >= 4 is 0 Å². The fourth-order valence-corrected chi connectivity index (χ4v) is 2.92. The van der Waals surface area contributed by atoms with E-state index in [0.29, 0.717) is 5.92 Å². The van der Waals surface area contributed by atoms with E-state index < -0.39 is 0 Å². The Labute approximate surface area is 104 Å². The predicted octanol–water partition coefficient (Wildman–Crippen LogP) is 2.63. The van der Waals surface area contributed by atoms with Gasteiger partial charge in [-0.05, 0) is 50.0 Å². The molecule has 3 atom stereocenters. The van der Waals surface area contributed by atoms with Gasteiger partial charge in [0.1, 0.15) is 0 Å². The van der Waals surface area contributed by atoms with Crippen LogP contribution < -0.4 is 0 Å². The normalized spacial score (nSPS) is 29.5. The lowest BCUT2D eigenvalue weighted by Gasteiger charge is -2.32. The highest BCUT2D eigenvalue weighted by Gasteiger charge is 2.28. The number of aromatic nitrogens is 2. The lowest BCUT2D eigenvalue weighted by atomic mass is 9.76. The van der Waals surface area contributed by atoms with Crippen LogP contribution in [-0.4, -0.2) is 21.0 Å². The van der Waals surface area contributed by atoms with Crippen molar-refractivity contribution in [3.8, 4) is 0 Å².